The molecule has 0 spiro atoms. The van der Waals surface area contributed by atoms with E-state index >= 15 is 0 Å². The minimum Gasteiger partial charge on any atom is -0.465 e. The SMILES string of the molecule is COC(=O)c1scnc1N(COCC[Si](C)(C)C)c1ccc(-c2cn(COCC[Si](C)(C)C)c([C@@H]3CCCN3C(=O)OC(C)(C)C)n2)cc1. The van der Waals surface area contributed by atoms with Crippen molar-refractivity contribution in [1.82, 2.24) is 19.4 Å². The quantitative estimate of drug-likeness (QED) is 0.0658. The molecule has 3 heterocycles. The summed E-state index contributed by atoms with van der Waals surface area (Å²) in [7, 11) is -1.17. The number of carbonyl (C=O) groups excluding carboxylic acids is 2. The number of esters is 1. The normalized spacial score (nSPS) is 15.5. The Morgan fingerprint density at radius 2 is 1.65 bits per heavy atom. The van der Waals surface area contributed by atoms with Gasteiger partial charge in [-0.2, -0.15) is 0 Å². The fraction of sp³-hybridized carbons (Fsp3) is 0.600. The van der Waals surface area contributed by atoms with E-state index in [1.807, 2.05) is 60.7 Å². The van der Waals surface area contributed by atoms with Crippen LogP contribution in [0.4, 0.5) is 16.3 Å². The first kappa shape index (κ1) is 38.8. The van der Waals surface area contributed by atoms with E-state index in [-0.39, 0.29) is 18.9 Å². The van der Waals surface area contributed by atoms with Gasteiger partial charge in [0.1, 0.15) is 24.9 Å². The van der Waals surface area contributed by atoms with Crippen molar-refractivity contribution in [3.05, 3.63) is 46.7 Å². The van der Waals surface area contributed by atoms with Gasteiger partial charge >= 0.3 is 12.1 Å². The fourth-order valence-corrected chi connectivity index (χ4v) is 7.54. The van der Waals surface area contributed by atoms with Crippen LogP contribution >= 0.6 is 11.3 Å². The molecule has 0 radical (unpaired) electrons. The van der Waals surface area contributed by atoms with Crippen LogP contribution in [0.15, 0.2) is 36.0 Å². The maximum atomic E-state index is 13.2. The van der Waals surface area contributed by atoms with Crippen LogP contribution in [0.2, 0.25) is 51.4 Å². The Kier molecular flexibility index (Phi) is 12.9. The number of aromatic nitrogens is 3. The van der Waals surface area contributed by atoms with Crippen LogP contribution < -0.4 is 4.90 Å². The first-order chi connectivity index (χ1) is 23.0. The van der Waals surface area contributed by atoms with Crippen molar-refractivity contribution in [2.75, 3.05) is 38.5 Å². The molecule has 49 heavy (non-hydrogen) atoms. The number of amides is 1. The van der Waals surface area contributed by atoms with Gasteiger partial charge in [-0.15, -0.1) is 11.3 Å². The molecule has 0 N–H and O–H groups in total. The number of hydrogen-bond acceptors (Lipinski definition) is 10. The zero-order valence-electron chi connectivity index (χ0n) is 31.0. The van der Waals surface area contributed by atoms with Crippen LogP contribution in [0.5, 0.6) is 0 Å². The van der Waals surface area contributed by atoms with Crippen molar-refractivity contribution in [3.8, 4) is 11.3 Å². The number of ether oxygens (including phenoxy) is 4. The second-order valence-electron chi connectivity index (χ2n) is 16.0. The molecule has 0 unspecified atom stereocenters. The molecule has 4 rings (SSSR count). The van der Waals surface area contributed by atoms with Gasteiger partial charge in [-0.1, -0.05) is 51.4 Å². The van der Waals surface area contributed by atoms with Gasteiger partial charge in [-0.3, -0.25) is 4.90 Å². The first-order valence-electron chi connectivity index (χ1n) is 17.1. The largest absolute Gasteiger partial charge is 0.465 e. The van der Waals surface area contributed by atoms with Gasteiger partial charge in [-0.05, 0) is 57.8 Å². The highest BCUT2D eigenvalue weighted by Gasteiger charge is 2.36. The third-order valence-electron chi connectivity index (χ3n) is 8.08. The number of carbonyl (C=O) groups is 2. The van der Waals surface area contributed by atoms with Gasteiger partial charge in [0.05, 0.1) is 24.4 Å². The van der Waals surface area contributed by atoms with Gasteiger partial charge < -0.3 is 28.4 Å². The summed E-state index contributed by atoms with van der Waals surface area (Å²) in [4.78, 5) is 39.6. The van der Waals surface area contributed by atoms with Crippen LogP contribution in [-0.2, 0) is 25.7 Å². The predicted molar refractivity (Wildman–Crippen MR) is 201 cm³/mol. The van der Waals surface area contributed by atoms with Crippen molar-refractivity contribution < 1.29 is 28.5 Å². The van der Waals surface area contributed by atoms with Crippen molar-refractivity contribution >= 4 is 51.1 Å². The second-order valence-corrected chi connectivity index (χ2v) is 28.1. The summed E-state index contributed by atoms with van der Waals surface area (Å²) >= 11 is 1.24. The molecule has 3 aromatic rings. The van der Waals surface area contributed by atoms with Crippen LogP contribution in [0.3, 0.4) is 0 Å². The summed E-state index contributed by atoms with van der Waals surface area (Å²) in [5.74, 6) is 0.861. The Morgan fingerprint density at radius 1 is 1.00 bits per heavy atom. The Hall–Kier alpha value is -3.05. The van der Waals surface area contributed by atoms with Crippen molar-refractivity contribution in [2.24, 2.45) is 0 Å². The van der Waals surface area contributed by atoms with E-state index < -0.39 is 27.7 Å². The molecular weight excluding hydrogens is 675 g/mol. The molecule has 1 aromatic carbocycles. The number of thiazole rings is 1. The molecule has 0 aliphatic carbocycles. The Bertz CT molecular complexity index is 1540. The lowest BCUT2D eigenvalue weighted by Gasteiger charge is -2.28. The molecule has 1 aliphatic heterocycles. The van der Waals surface area contributed by atoms with E-state index in [1.165, 1.54) is 18.4 Å². The lowest BCUT2D eigenvalue weighted by atomic mass is 10.1. The van der Waals surface area contributed by atoms with Crippen molar-refractivity contribution in [1.29, 1.82) is 0 Å². The van der Waals surface area contributed by atoms with Crippen molar-refractivity contribution in [2.45, 2.75) is 103 Å². The van der Waals surface area contributed by atoms with Gasteiger partial charge in [-0.25, -0.2) is 19.6 Å². The standard InChI is InChI=1S/C35H55N5O6SSi2/c1-35(2,3)46-34(42)39-17-11-12-29(39)31-37-28(22-38(31)24-44-18-20-48(5,6)7)26-13-15-27(16-14-26)40(25-45-19-21-49(8,9)10)32-30(33(41)43-4)47-23-36-32/h13-16,22-23,29H,11-12,17-21,24-25H2,1-10H3/t29-/m0/s1. The van der Waals surface area contributed by atoms with Crippen LogP contribution in [0, 0.1) is 0 Å². The Morgan fingerprint density at radius 3 is 2.27 bits per heavy atom. The van der Waals surface area contributed by atoms with E-state index in [0.29, 0.717) is 37.2 Å². The van der Waals surface area contributed by atoms with Gasteiger partial charge in [0.2, 0.25) is 0 Å². The summed E-state index contributed by atoms with van der Waals surface area (Å²) < 4.78 is 25.2. The minimum atomic E-state index is -1.28. The number of methoxy groups -OCH3 is 1. The van der Waals surface area contributed by atoms with Gasteiger partial charge in [0.25, 0.3) is 0 Å². The lowest BCUT2D eigenvalue weighted by Crippen LogP contribution is -2.37. The zero-order chi connectivity index (χ0) is 36.0. The first-order valence-corrected chi connectivity index (χ1v) is 25.4. The average molecular weight is 730 g/mol. The molecule has 1 atom stereocenters. The van der Waals surface area contributed by atoms with E-state index in [1.54, 1.807) is 10.4 Å². The number of nitrogens with zero attached hydrogens (tertiary/aromatic N) is 5. The lowest BCUT2D eigenvalue weighted by molar-refractivity contribution is 0.0204. The molecule has 1 aliphatic rings. The van der Waals surface area contributed by atoms with E-state index in [0.717, 1.165) is 47.7 Å². The summed E-state index contributed by atoms with van der Waals surface area (Å²) in [6, 6.07) is 9.88. The van der Waals surface area contributed by atoms with Crippen LogP contribution in [0.1, 0.15) is 55.2 Å². The van der Waals surface area contributed by atoms with Crippen LogP contribution in [-0.4, -0.2) is 86.8 Å². The summed E-state index contributed by atoms with van der Waals surface area (Å²) in [6.07, 6.45) is 3.36. The molecule has 0 bridgehead atoms. The topological polar surface area (TPSA) is 108 Å². The maximum Gasteiger partial charge on any atom is 0.410 e. The zero-order valence-corrected chi connectivity index (χ0v) is 33.8. The predicted octanol–water partition coefficient (Wildman–Crippen LogP) is 8.63. The van der Waals surface area contributed by atoms with Crippen LogP contribution in [0.25, 0.3) is 11.3 Å². The molecule has 270 valence electrons. The molecule has 14 heteroatoms. The van der Waals surface area contributed by atoms with Gasteiger partial charge in [0.15, 0.2) is 10.7 Å². The third-order valence-corrected chi connectivity index (χ3v) is 12.3. The number of likely N-dealkylation sites (tertiary alicyclic amines) is 1. The summed E-state index contributed by atoms with van der Waals surface area (Å²) in [5.41, 5.74) is 3.59. The van der Waals surface area contributed by atoms with E-state index in [4.69, 9.17) is 23.9 Å². The number of benzene rings is 1. The molecule has 1 amide bonds. The smallest absolute Gasteiger partial charge is 0.410 e. The molecule has 11 nitrogen and oxygen atoms in total. The maximum absolute atomic E-state index is 13.2. The number of rotatable bonds is 15. The number of anilines is 2. The highest BCUT2D eigenvalue weighted by Crippen LogP contribution is 2.36. The molecule has 2 aromatic heterocycles. The third kappa shape index (κ3) is 11.2. The Balaban J connectivity index is 1.63. The fourth-order valence-electron chi connectivity index (χ4n) is 5.32. The van der Waals surface area contributed by atoms with Gasteiger partial charge in [0, 0.05) is 53.4 Å². The summed E-state index contributed by atoms with van der Waals surface area (Å²) in [5, 5.41) is 0. The van der Waals surface area contributed by atoms with E-state index in [2.05, 4.69) is 44.3 Å². The Labute approximate surface area is 297 Å². The van der Waals surface area contributed by atoms with E-state index in [9.17, 15) is 9.59 Å². The number of imidazole rings is 1. The molecule has 0 saturated carbocycles. The highest BCUT2D eigenvalue weighted by atomic mass is 32.1. The second kappa shape index (κ2) is 16.3. The highest BCUT2D eigenvalue weighted by molar-refractivity contribution is 7.12. The number of hydrogen-bond donors (Lipinski definition) is 0. The minimum absolute atomic E-state index is 0.214. The molecular formula is C35H55N5O6SSi2. The molecule has 1 saturated heterocycles. The monoisotopic (exact) mass is 729 g/mol. The summed E-state index contributed by atoms with van der Waals surface area (Å²) in [6.45, 7) is 22.1. The molecule has 1 fully saturated rings. The van der Waals surface area contributed by atoms with Crippen molar-refractivity contribution in [3.63, 3.8) is 0 Å². The average Bonchev–Trinajstić information content (AvgIpc) is 3.77.